The molecule has 1 saturated heterocycles. The number of carboxylic acids is 1. The highest BCUT2D eigenvalue weighted by Crippen LogP contribution is 2.31. The normalized spacial score (nSPS) is 25.4. The Hall–Kier alpha value is -0.920. The van der Waals surface area contributed by atoms with Gasteiger partial charge in [0.25, 0.3) is 10.0 Å². The smallest absolute Gasteiger partial charge is 0.345 e. The molecule has 2 atom stereocenters. The number of carboxylic acid groups (broad SMARTS) is 1. The maximum Gasteiger partial charge on any atom is 0.345 e. The number of piperidine rings is 1. The number of carbonyl (C=O) groups is 1. The van der Waals surface area contributed by atoms with Crippen LogP contribution in [0.2, 0.25) is 0 Å². The summed E-state index contributed by atoms with van der Waals surface area (Å²) in [5.41, 5.74) is 0. The van der Waals surface area contributed by atoms with Gasteiger partial charge in [-0.1, -0.05) is 6.92 Å². The van der Waals surface area contributed by atoms with Crippen molar-refractivity contribution in [2.75, 3.05) is 6.54 Å². The average molecular weight is 303 g/mol. The lowest BCUT2D eigenvalue weighted by Gasteiger charge is -2.35. The van der Waals surface area contributed by atoms with Gasteiger partial charge < -0.3 is 5.11 Å². The molecule has 0 aliphatic carbocycles. The fraction of sp³-hybridized carbons (Fsp3) is 0.583. The van der Waals surface area contributed by atoms with Crippen LogP contribution in [0.5, 0.6) is 0 Å². The van der Waals surface area contributed by atoms with Crippen molar-refractivity contribution in [3.05, 3.63) is 17.0 Å². The van der Waals surface area contributed by atoms with Gasteiger partial charge in [0.05, 0.1) is 0 Å². The predicted octanol–water partition coefficient (Wildman–Crippen LogP) is 2.26. The van der Waals surface area contributed by atoms with E-state index in [4.69, 9.17) is 5.11 Å². The van der Waals surface area contributed by atoms with Crippen molar-refractivity contribution in [1.82, 2.24) is 4.31 Å². The number of aromatic carboxylic acids is 1. The highest BCUT2D eigenvalue weighted by molar-refractivity contribution is 7.91. The van der Waals surface area contributed by atoms with E-state index in [0.29, 0.717) is 12.5 Å². The SMILES string of the molecule is CC1CCC(C)N(S(=O)(=O)c2ccc(C(=O)O)s2)C1. The van der Waals surface area contributed by atoms with Gasteiger partial charge in [0, 0.05) is 12.6 Å². The Balaban J connectivity index is 2.32. The predicted molar refractivity (Wildman–Crippen MR) is 73.0 cm³/mol. The fourth-order valence-corrected chi connectivity index (χ4v) is 5.33. The molecule has 1 aromatic rings. The van der Waals surface area contributed by atoms with E-state index in [1.807, 2.05) is 13.8 Å². The molecule has 0 aromatic carbocycles. The number of hydrogen-bond donors (Lipinski definition) is 1. The van der Waals surface area contributed by atoms with Gasteiger partial charge >= 0.3 is 5.97 Å². The molecule has 0 saturated carbocycles. The van der Waals surface area contributed by atoms with Gasteiger partial charge in [0.1, 0.15) is 9.09 Å². The second-order valence-electron chi connectivity index (χ2n) is 5.03. The molecule has 1 aliphatic rings. The lowest BCUT2D eigenvalue weighted by Crippen LogP contribution is -2.44. The molecule has 1 N–H and O–H groups in total. The second kappa shape index (κ2) is 5.22. The fourth-order valence-electron chi connectivity index (χ4n) is 2.27. The van der Waals surface area contributed by atoms with Gasteiger partial charge in [-0.05, 0) is 37.8 Å². The van der Waals surface area contributed by atoms with Crippen LogP contribution in [0.4, 0.5) is 0 Å². The van der Waals surface area contributed by atoms with Crippen LogP contribution in [0.25, 0.3) is 0 Å². The van der Waals surface area contributed by atoms with Crippen molar-refractivity contribution in [3.8, 4) is 0 Å². The van der Waals surface area contributed by atoms with Crippen LogP contribution in [0.15, 0.2) is 16.3 Å². The van der Waals surface area contributed by atoms with Crippen molar-refractivity contribution in [2.24, 2.45) is 5.92 Å². The minimum atomic E-state index is -3.57. The summed E-state index contributed by atoms with van der Waals surface area (Å²) in [4.78, 5) is 10.9. The summed E-state index contributed by atoms with van der Waals surface area (Å²) in [6.45, 7) is 4.43. The van der Waals surface area contributed by atoms with E-state index in [1.54, 1.807) is 0 Å². The number of rotatable bonds is 3. The lowest BCUT2D eigenvalue weighted by atomic mass is 9.97. The van der Waals surface area contributed by atoms with Crippen molar-refractivity contribution < 1.29 is 18.3 Å². The Bertz CT molecular complexity index is 578. The van der Waals surface area contributed by atoms with Crippen molar-refractivity contribution >= 4 is 27.3 Å². The van der Waals surface area contributed by atoms with Crippen molar-refractivity contribution in [3.63, 3.8) is 0 Å². The molecule has 1 aromatic heterocycles. The van der Waals surface area contributed by atoms with Crippen molar-refractivity contribution in [2.45, 2.75) is 36.9 Å². The molecule has 2 rings (SSSR count). The summed E-state index contributed by atoms with van der Waals surface area (Å²) in [5, 5.41) is 8.87. The monoisotopic (exact) mass is 303 g/mol. The summed E-state index contributed by atoms with van der Waals surface area (Å²) in [7, 11) is -3.57. The van der Waals surface area contributed by atoms with Gasteiger partial charge in [-0.25, -0.2) is 13.2 Å². The van der Waals surface area contributed by atoms with Gasteiger partial charge in [-0.3, -0.25) is 0 Å². The Labute approximate surface area is 116 Å². The van der Waals surface area contributed by atoms with E-state index in [2.05, 4.69) is 0 Å². The highest BCUT2D eigenvalue weighted by atomic mass is 32.2. The minimum absolute atomic E-state index is 0.0309. The Morgan fingerprint density at radius 3 is 2.63 bits per heavy atom. The summed E-state index contributed by atoms with van der Waals surface area (Å²) in [5.74, 6) is -0.753. The zero-order chi connectivity index (χ0) is 14.2. The molecule has 7 heteroatoms. The highest BCUT2D eigenvalue weighted by Gasteiger charge is 2.34. The van der Waals surface area contributed by atoms with Crippen LogP contribution >= 0.6 is 11.3 Å². The first kappa shape index (κ1) is 14.5. The quantitative estimate of drug-likeness (QED) is 0.929. The third kappa shape index (κ3) is 2.82. The first-order valence-corrected chi connectivity index (χ1v) is 8.43. The summed E-state index contributed by atoms with van der Waals surface area (Å²) < 4.78 is 26.7. The largest absolute Gasteiger partial charge is 0.477 e. The van der Waals surface area contributed by atoms with Gasteiger partial charge in [0.15, 0.2) is 0 Å². The molecule has 1 aliphatic heterocycles. The number of sulfonamides is 1. The Morgan fingerprint density at radius 1 is 1.37 bits per heavy atom. The molecule has 0 amide bonds. The summed E-state index contributed by atoms with van der Waals surface area (Å²) in [6.07, 6.45) is 1.87. The van der Waals surface area contributed by atoms with Gasteiger partial charge in [0.2, 0.25) is 0 Å². The maximum atomic E-state index is 12.5. The molecule has 5 nitrogen and oxygen atoms in total. The van der Waals surface area contributed by atoms with E-state index >= 15 is 0 Å². The Kier molecular flexibility index (Phi) is 3.98. The van der Waals surface area contributed by atoms with E-state index in [0.717, 1.165) is 24.2 Å². The van der Waals surface area contributed by atoms with Crippen molar-refractivity contribution in [1.29, 1.82) is 0 Å². The van der Waals surface area contributed by atoms with E-state index in [9.17, 15) is 13.2 Å². The molecule has 0 spiro atoms. The molecular formula is C12H17NO4S2. The number of hydrogen-bond acceptors (Lipinski definition) is 4. The van der Waals surface area contributed by atoms with Gasteiger partial charge in [-0.15, -0.1) is 11.3 Å². The summed E-state index contributed by atoms with van der Waals surface area (Å²) in [6, 6.07) is 2.70. The minimum Gasteiger partial charge on any atom is -0.477 e. The molecule has 1 fully saturated rings. The molecule has 0 radical (unpaired) electrons. The third-order valence-electron chi connectivity index (χ3n) is 3.42. The molecule has 19 heavy (non-hydrogen) atoms. The van der Waals surface area contributed by atoms with E-state index < -0.39 is 16.0 Å². The third-order valence-corrected chi connectivity index (χ3v) is 6.94. The number of thiophene rings is 1. The van der Waals surface area contributed by atoms with E-state index in [1.165, 1.54) is 16.4 Å². The lowest BCUT2D eigenvalue weighted by molar-refractivity contribution is 0.0702. The maximum absolute atomic E-state index is 12.5. The topological polar surface area (TPSA) is 74.7 Å². The zero-order valence-electron chi connectivity index (χ0n) is 10.9. The van der Waals surface area contributed by atoms with Crippen LogP contribution < -0.4 is 0 Å². The van der Waals surface area contributed by atoms with Crippen LogP contribution in [-0.4, -0.2) is 36.4 Å². The Morgan fingerprint density at radius 2 is 2.05 bits per heavy atom. The average Bonchev–Trinajstić information content (AvgIpc) is 2.82. The molecule has 106 valence electrons. The van der Waals surface area contributed by atoms with Gasteiger partial charge in [-0.2, -0.15) is 4.31 Å². The first-order valence-electron chi connectivity index (χ1n) is 6.17. The van der Waals surface area contributed by atoms with Crippen LogP contribution in [0.3, 0.4) is 0 Å². The summed E-state index contributed by atoms with van der Waals surface area (Å²) >= 11 is 0.816. The van der Waals surface area contributed by atoms with Crippen LogP contribution in [-0.2, 0) is 10.0 Å². The zero-order valence-corrected chi connectivity index (χ0v) is 12.5. The first-order chi connectivity index (χ1) is 8.82. The standard InChI is InChI=1S/C12H17NO4S2/c1-8-3-4-9(2)13(7-8)19(16,17)11-6-5-10(18-11)12(14)15/h5-6,8-9H,3-4,7H2,1-2H3,(H,14,15). The molecular weight excluding hydrogens is 286 g/mol. The molecule has 0 bridgehead atoms. The van der Waals surface area contributed by atoms with Crippen LogP contribution in [0, 0.1) is 5.92 Å². The number of nitrogens with zero attached hydrogens (tertiary/aromatic N) is 1. The van der Waals surface area contributed by atoms with E-state index in [-0.39, 0.29) is 15.1 Å². The molecule has 2 heterocycles. The second-order valence-corrected chi connectivity index (χ2v) is 8.23. The van der Waals surface area contributed by atoms with Crippen LogP contribution in [0.1, 0.15) is 36.4 Å². The molecule has 2 unspecified atom stereocenters.